The van der Waals surface area contributed by atoms with Crippen molar-refractivity contribution in [2.45, 2.75) is 26.1 Å². The number of benzene rings is 2. The highest BCUT2D eigenvalue weighted by Gasteiger charge is 2.34. The number of fused-ring (bicyclic) bond motifs is 1. The first-order valence-electron chi connectivity index (χ1n) is 12.2. The van der Waals surface area contributed by atoms with Gasteiger partial charge in [-0.25, -0.2) is 17.5 Å². The van der Waals surface area contributed by atoms with Crippen molar-refractivity contribution in [1.29, 1.82) is 0 Å². The zero-order chi connectivity index (χ0) is 29.9. The zero-order valence-electron chi connectivity index (χ0n) is 21.4. The lowest BCUT2D eigenvalue weighted by atomic mass is 10.0. The van der Waals surface area contributed by atoms with Gasteiger partial charge in [0.1, 0.15) is 11.5 Å². The lowest BCUT2D eigenvalue weighted by Gasteiger charge is -2.14. The molecule has 0 aliphatic carbocycles. The van der Waals surface area contributed by atoms with Crippen molar-refractivity contribution in [3.05, 3.63) is 93.8 Å². The van der Waals surface area contributed by atoms with E-state index in [1.165, 1.54) is 43.5 Å². The number of nitrogens with zero attached hydrogens (tertiary/aromatic N) is 1. The van der Waals surface area contributed by atoms with E-state index in [4.69, 9.17) is 4.74 Å². The molecule has 0 aliphatic rings. The van der Waals surface area contributed by atoms with Crippen LogP contribution in [0.3, 0.4) is 0 Å². The smallest absolute Gasteiger partial charge is 0.416 e. The van der Waals surface area contributed by atoms with Crippen LogP contribution in [0.5, 0.6) is 0 Å². The summed E-state index contributed by atoms with van der Waals surface area (Å²) in [4.78, 5) is 40.5. The van der Waals surface area contributed by atoms with Crippen LogP contribution in [-0.2, 0) is 32.3 Å². The molecule has 0 saturated heterocycles. The molecule has 4 rings (SSSR count). The maximum atomic E-state index is 14.7. The number of alkyl halides is 3. The molecule has 0 atom stereocenters. The number of nitrogens with one attached hydrogen (secondary N) is 2. The molecule has 9 nitrogen and oxygen atoms in total. The normalized spacial score (nSPS) is 11.9. The number of esters is 1. The van der Waals surface area contributed by atoms with Gasteiger partial charge in [-0.1, -0.05) is 18.2 Å². The predicted molar refractivity (Wildman–Crippen MR) is 141 cm³/mol. The molecule has 4 aromatic rings. The molecule has 2 aromatic carbocycles. The molecule has 0 spiro atoms. The average molecular weight is 594 g/mol. The van der Waals surface area contributed by atoms with Gasteiger partial charge in [-0.05, 0) is 43.3 Å². The monoisotopic (exact) mass is 593 g/mol. The minimum atomic E-state index is -4.79. The van der Waals surface area contributed by atoms with Gasteiger partial charge in [0.25, 0.3) is 11.5 Å². The van der Waals surface area contributed by atoms with Crippen molar-refractivity contribution >= 4 is 32.8 Å². The Balaban J connectivity index is 1.97. The topological polar surface area (TPSA) is 127 Å². The fourth-order valence-corrected chi connectivity index (χ4v) is 5.23. The van der Waals surface area contributed by atoms with Crippen LogP contribution in [0.15, 0.2) is 65.6 Å². The van der Waals surface area contributed by atoms with Crippen LogP contribution in [0.1, 0.15) is 35.0 Å². The number of amides is 1. The standard InChI is InChI=1S/C27H23F4N3O6S/c1-2-40-22(35)11-13-41(38,39)33-26(37)24-23(18-7-5-12-32-25(18)36)19-14-17(27(29,30)31)9-10-21(19)34(24)15-16-6-3-4-8-20(16)28/h3-10,12,14H,2,11,13,15H2,1H3,(H,32,36)(H,33,37). The molecule has 2 aromatic heterocycles. The first-order chi connectivity index (χ1) is 19.3. The third-order valence-electron chi connectivity index (χ3n) is 6.11. The molecule has 0 bridgehead atoms. The number of aromatic nitrogens is 2. The van der Waals surface area contributed by atoms with Crippen LogP contribution in [0.4, 0.5) is 17.6 Å². The first-order valence-corrected chi connectivity index (χ1v) is 13.8. The van der Waals surface area contributed by atoms with Crippen molar-refractivity contribution in [1.82, 2.24) is 14.3 Å². The summed E-state index contributed by atoms with van der Waals surface area (Å²) in [5, 5.41) is -0.193. The number of hydrogen-bond acceptors (Lipinski definition) is 6. The van der Waals surface area contributed by atoms with Gasteiger partial charge in [-0.2, -0.15) is 13.2 Å². The van der Waals surface area contributed by atoms with Crippen molar-refractivity contribution in [3.8, 4) is 11.1 Å². The summed E-state index contributed by atoms with van der Waals surface area (Å²) >= 11 is 0. The van der Waals surface area contributed by atoms with Gasteiger partial charge in [-0.15, -0.1) is 0 Å². The molecule has 2 N–H and O–H groups in total. The van der Waals surface area contributed by atoms with Crippen LogP contribution in [0, 0.1) is 5.82 Å². The molecule has 0 aliphatic heterocycles. The largest absolute Gasteiger partial charge is 0.466 e. The van der Waals surface area contributed by atoms with Gasteiger partial charge in [0.2, 0.25) is 10.0 Å². The predicted octanol–water partition coefficient (Wildman–Crippen LogP) is 4.22. The molecular formula is C27H23F4N3O6S. The van der Waals surface area contributed by atoms with Gasteiger partial charge in [-0.3, -0.25) is 14.4 Å². The summed E-state index contributed by atoms with van der Waals surface area (Å²) in [5.74, 6) is -3.64. The third-order valence-corrected chi connectivity index (χ3v) is 7.35. The lowest BCUT2D eigenvalue weighted by Crippen LogP contribution is -2.35. The Bertz CT molecular complexity index is 1790. The van der Waals surface area contributed by atoms with Gasteiger partial charge in [0, 0.05) is 33.8 Å². The Hall–Kier alpha value is -4.46. The SMILES string of the molecule is CCOC(=O)CCS(=O)(=O)NC(=O)c1c(-c2ccc[nH]c2=O)c2cc(C(F)(F)F)ccc2n1Cc1ccccc1F. The Morgan fingerprint density at radius 1 is 1.07 bits per heavy atom. The number of aromatic amines is 1. The van der Waals surface area contributed by atoms with E-state index in [-0.39, 0.29) is 34.2 Å². The number of halogens is 4. The minimum absolute atomic E-state index is 0.00794. The summed E-state index contributed by atoms with van der Waals surface area (Å²) < 4.78 is 88.9. The summed E-state index contributed by atoms with van der Waals surface area (Å²) in [5.41, 5.74) is -2.82. The van der Waals surface area contributed by atoms with E-state index in [1.807, 2.05) is 4.72 Å². The van der Waals surface area contributed by atoms with E-state index in [1.54, 1.807) is 0 Å². The number of pyridine rings is 1. The van der Waals surface area contributed by atoms with Crippen molar-refractivity contribution in [3.63, 3.8) is 0 Å². The molecule has 216 valence electrons. The van der Waals surface area contributed by atoms with Crippen molar-refractivity contribution in [2.75, 3.05) is 12.4 Å². The van der Waals surface area contributed by atoms with Crippen molar-refractivity contribution < 1.29 is 40.3 Å². The zero-order valence-corrected chi connectivity index (χ0v) is 22.2. The highest BCUT2D eigenvalue weighted by Crippen LogP contribution is 2.38. The van der Waals surface area contributed by atoms with Crippen LogP contribution in [0.2, 0.25) is 0 Å². The summed E-state index contributed by atoms with van der Waals surface area (Å²) in [6, 6.07) is 10.7. The molecule has 0 saturated carbocycles. The van der Waals surface area contributed by atoms with E-state index in [0.29, 0.717) is 0 Å². The fraction of sp³-hybridized carbons (Fsp3) is 0.222. The highest BCUT2D eigenvalue weighted by atomic mass is 32.2. The molecule has 0 fully saturated rings. The maximum Gasteiger partial charge on any atom is 0.416 e. The van der Waals surface area contributed by atoms with E-state index >= 15 is 0 Å². The van der Waals surface area contributed by atoms with E-state index in [9.17, 15) is 40.4 Å². The van der Waals surface area contributed by atoms with Crippen LogP contribution in [-0.4, -0.2) is 42.2 Å². The van der Waals surface area contributed by atoms with Gasteiger partial charge >= 0.3 is 12.1 Å². The molecular weight excluding hydrogens is 570 g/mol. The van der Waals surface area contributed by atoms with E-state index < -0.39 is 69.4 Å². The summed E-state index contributed by atoms with van der Waals surface area (Å²) in [6.07, 6.45) is -4.10. The Morgan fingerprint density at radius 3 is 2.46 bits per heavy atom. The molecule has 14 heteroatoms. The van der Waals surface area contributed by atoms with Crippen LogP contribution < -0.4 is 10.3 Å². The number of carbonyl (C=O) groups excluding carboxylic acids is 2. The number of rotatable bonds is 9. The minimum Gasteiger partial charge on any atom is -0.466 e. The van der Waals surface area contributed by atoms with Crippen molar-refractivity contribution in [2.24, 2.45) is 0 Å². The molecule has 1 amide bonds. The fourth-order valence-electron chi connectivity index (χ4n) is 4.31. The Kier molecular flexibility index (Phi) is 8.33. The van der Waals surface area contributed by atoms with Gasteiger partial charge < -0.3 is 14.3 Å². The summed E-state index contributed by atoms with van der Waals surface area (Å²) in [6.45, 7) is 1.14. The lowest BCUT2D eigenvalue weighted by molar-refractivity contribution is -0.142. The van der Waals surface area contributed by atoms with Crippen LogP contribution >= 0.6 is 0 Å². The first kappa shape index (κ1) is 29.5. The Morgan fingerprint density at radius 2 is 1.80 bits per heavy atom. The van der Waals surface area contributed by atoms with Crippen LogP contribution in [0.25, 0.3) is 22.0 Å². The quantitative estimate of drug-likeness (QED) is 0.221. The molecule has 0 unspecified atom stereocenters. The Labute approximate surface area is 230 Å². The number of ether oxygens (including phenoxy) is 1. The number of hydrogen-bond donors (Lipinski definition) is 2. The number of H-pyrrole nitrogens is 1. The molecule has 2 heterocycles. The molecule has 0 radical (unpaired) electrons. The second kappa shape index (κ2) is 11.6. The number of sulfonamides is 1. The van der Waals surface area contributed by atoms with E-state index in [0.717, 1.165) is 28.8 Å². The number of carbonyl (C=O) groups is 2. The maximum absolute atomic E-state index is 14.7. The highest BCUT2D eigenvalue weighted by molar-refractivity contribution is 7.90. The second-order valence-electron chi connectivity index (χ2n) is 8.85. The summed E-state index contributed by atoms with van der Waals surface area (Å²) in [7, 11) is -4.47. The average Bonchev–Trinajstić information content (AvgIpc) is 3.22. The molecule has 41 heavy (non-hydrogen) atoms. The van der Waals surface area contributed by atoms with Gasteiger partial charge in [0.15, 0.2) is 0 Å². The van der Waals surface area contributed by atoms with Gasteiger partial charge in [0.05, 0.1) is 30.9 Å². The second-order valence-corrected chi connectivity index (χ2v) is 10.7. The third kappa shape index (κ3) is 6.48. The van der Waals surface area contributed by atoms with E-state index in [2.05, 4.69) is 4.98 Å².